The maximum Gasteiger partial charge on any atom is 0.238 e. The molecule has 0 aliphatic carbocycles. The molecule has 1 unspecified atom stereocenters. The molecule has 2 aromatic rings. The van der Waals surface area contributed by atoms with Gasteiger partial charge in [-0.25, -0.2) is 4.98 Å². The van der Waals surface area contributed by atoms with Crippen LogP contribution in [0, 0.1) is 0 Å². The molecule has 1 fully saturated rings. The summed E-state index contributed by atoms with van der Waals surface area (Å²) in [6, 6.07) is 5.99. The van der Waals surface area contributed by atoms with E-state index in [1.807, 2.05) is 36.4 Å². The number of aromatic nitrogens is 2. The molecule has 132 valence electrons. The Morgan fingerprint density at radius 1 is 1.52 bits per heavy atom. The fraction of sp³-hybridized carbons (Fsp3) is 0.278. The molecule has 0 radical (unpaired) electrons. The topological polar surface area (TPSA) is 79.4 Å². The minimum atomic E-state index is -1.12. The highest BCUT2D eigenvalue weighted by Gasteiger charge is 2.22. The van der Waals surface area contributed by atoms with E-state index in [-0.39, 0.29) is 6.10 Å². The minimum absolute atomic E-state index is 0.0696. The maximum atomic E-state index is 9.87. The van der Waals surface area contributed by atoms with Crippen molar-refractivity contribution in [1.29, 1.82) is 0 Å². The molecule has 3 rings (SSSR count). The Labute approximate surface area is 150 Å². The number of H-pyrrole nitrogens is 1. The van der Waals surface area contributed by atoms with Crippen molar-refractivity contribution in [3.63, 3.8) is 0 Å². The lowest BCUT2D eigenvalue weighted by Crippen LogP contribution is -2.41. The van der Waals surface area contributed by atoms with E-state index >= 15 is 0 Å². The zero-order valence-electron chi connectivity index (χ0n) is 13.9. The molecule has 6 nitrogen and oxygen atoms in total. The Bertz CT molecular complexity index is 796. The molecule has 1 aliphatic rings. The van der Waals surface area contributed by atoms with Gasteiger partial charge in [0.15, 0.2) is 0 Å². The van der Waals surface area contributed by atoms with Gasteiger partial charge in [0.05, 0.1) is 24.2 Å². The Balaban J connectivity index is 1.65. The Kier molecular flexibility index (Phi) is 5.93. The highest BCUT2D eigenvalue weighted by Crippen LogP contribution is 2.29. The first-order chi connectivity index (χ1) is 12.1. The van der Waals surface area contributed by atoms with Crippen LogP contribution >= 0.6 is 11.8 Å². The molecule has 25 heavy (non-hydrogen) atoms. The standard InChI is InChI=1S/C18H21N3O3S/c1-3-4-5-6-12(2)25-14-7-8-15-16(9-14)20-17(19-15)21-18(22)24-13-10-23-11-13/h3-9,13,18,22H,1,10-11H2,2H3,(H2,19,20,21)/b5-4-,12-6+. The van der Waals surface area contributed by atoms with Crippen LogP contribution in [0.5, 0.6) is 0 Å². The summed E-state index contributed by atoms with van der Waals surface area (Å²) in [6.45, 7) is 6.72. The molecule has 1 aliphatic heterocycles. The fourth-order valence-corrected chi connectivity index (χ4v) is 3.07. The zero-order chi connectivity index (χ0) is 17.6. The number of aliphatic hydroxyl groups excluding tert-OH is 1. The van der Waals surface area contributed by atoms with E-state index < -0.39 is 6.41 Å². The number of anilines is 1. The second-order valence-electron chi connectivity index (χ2n) is 5.56. The van der Waals surface area contributed by atoms with E-state index in [9.17, 15) is 5.11 Å². The van der Waals surface area contributed by atoms with E-state index in [1.165, 1.54) is 4.91 Å². The number of hydrogen-bond acceptors (Lipinski definition) is 6. The Hall–Kier alpha value is -2.06. The highest BCUT2D eigenvalue weighted by atomic mass is 32.2. The molecule has 0 spiro atoms. The average molecular weight is 359 g/mol. The van der Waals surface area contributed by atoms with Crippen LogP contribution in [0.2, 0.25) is 0 Å². The molecule has 1 saturated heterocycles. The van der Waals surface area contributed by atoms with Gasteiger partial charge in [0.1, 0.15) is 6.10 Å². The molecule has 1 atom stereocenters. The summed E-state index contributed by atoms with van der Waals surface area (Å²) in [6.07, 6.45) is 6.44. The van der Waals surface area contributed by atoms with E-state index in [0.717, 1.165) is 15.9 Å². The lowest BCUT2D eigenvalue weighted by Gasteiger charge is -2.28. The molecule has 0 saturated carbocycles. The Morgan fingerprint density at radius 2 is 2.36 bits per heavy atom. The van der Waals surface area contributed by atoms with Crippen molar-refractivity contribution < 1.29 is 14.6 Å². The van der Waals surface area contributed by atoms with Crippen molar-refractivity contribution in [1.82, 2.24) is 9.97 Å². The zero-order valence-corrected chi connectivity index (χ0v) is 14.8. The number of nitrogens with one attached hydrogen (secondary N) is 2. The summed E-state index contributed by atoms with van der Waals surface area (Å²) in [4.78, 5) is 9.82. The number of fused-ring (bicyclic) bond motifs is 1. The van der Waals surface area contributed by atoms with E-state index in [1.54, 1.807) is 17.8 Å². The summed E-state index contributed by atoms with van der Waals surface area (Å²) in [5, 5.41) is 12.7. The number of benzene rings is 1. The van der Waals surface area contributed by atoms with Crippen molar-refractivity contribution in [3.05, 3.63) is 54.0 Å². The van der Waals surface area contributed by atoms with Crippen LogP contribution in [-0.2, 0) is 9.47 Å². The average Bonchev–Trinajstić information content (AvgIpc) is 2.92. The summed E-state index contributed by atoms with van der Waals surface area (Å²) in [5.74, 6) is 0.464. The van der Waals surface area contributed by atoms with Gasteiger partial charge in [-0.1, -0.05) is 42.6 Å². The van der Waals surface area contributed by atoms with Crippen LogP contribution in [0.4, 0.5) is 5.95 Å². The first kappa shape index (κ1) is 17.8. The number of aromatic amines is 1. The van der Waals surface area contributed by atoms with Crippen molar-refractivity contribution in [3.8, 4) is 0 Å². The third-order valence-electron chi connectivity index (χ3n) is 3.50. The maximum absolute atomic E-state index is 9.87. The number of imidazole rings is 1. The monoisotopic (exact) mass is 359 g/mol. The first-order valence-corrected chi connectivity index (χ1v) is 8.77. The summed E-state index contributed by atoms with van der Waals surface area (Å²) >= 11 is 1.67. The smallest absolute Gasteiger partial charge is 0.238 e. The largest absolute Gasteiger partial charge is 0.376 e. The second kappa shape index (κ2) is 8.35. The number of ether oxygens (including phenoxy) is 2. The van der Waals surface area contributed by atoms with E-state index in [0.29, 0.717) is 19.2 Å². The normalized spacial score (nSPS) is 17.0. The van der Waals surface area contributed by atoms with Gasteiger partial charge < -0.3 is 24.9 Å². The van der Waals surface area contributed by atoms with Gasteiger partial charge in [0.2, 0.25) is 12.4 Å². The van der Waals surface area contributed by atoms with Crippen LogP contribution in [0.25, 0.3) is 11.0 Å². The highest BCUT2D eigenvalue weighted by molar-refractivity contribution is 8.03. The molecular formula is C18H21N3O3S. The predicted octanol–water partition coefficient (Wildman–Crippen LogP) is 3.40. The number of rotatable bonds is 8. The van der Waals surface area contributed by atoms with Gasteiger partial charge >= 0.3 is 0 Å². The quantitative estimate of drug-likeness (QED) is 0.381. The molecule has 2 heterocycles. The van der Waals surface area contributed by atoms with Crippen LogP contribution in [0.15, 0.2) is 58.9 Å². The molecule has 0 amide bonds. The number of hydrogen-bond donors (Lipinski definition) is 3. The first-order valence-electron chi connectivity index (χ1n) is 7.95. The SMILES string of the molecule is C=C/C=C\C=C(/C)Sc1ccc2nc(NC(O)OC3COC3)[nH]c2c1. The third-order valence-corrected chi connectivity index (χ3v) is 4.45. The number of nitrogens with zero attached hydrogens (tertiary/aromatic N) is 1. The number of allylic oxidation sites excluding steroid dienone is 5. The van der Waals surface area contributed by atoms with Gasteiger partial charge in [-0.15, -0.1) is 0 Å². The lowest BCUT2D eigenvalue weighted by atomic mass is 10.3. The van der Waals surface area contributed by atoms with Gasteiger partial charge in [0, 0.05) is 4.90 Å². The third kappa shape index (κ3) is 4.96. The van der Waals surface area contributed by atoms with Gasteiger partial charge in [-0.3, -0.25) is 0 Å². The summed E-state index contributed by atoms with van der Waals surface area (Å²) < 4.78 is 10.4. The van der Waals surface area contributed by atoms with Crippen LogP contribution in [0.3, 0.4) is 0 Å². The summed E-state index contributed by atoms with van der Waals surface area (Å²) in [5.41, 5.74) is 1.71. The van der Waals surface area contributed by atoms with Crippen molar-refractivity contribution >= 4 is 28.7 Å². The van der Waals surface area contributed by atoms with Gasteiger partial charge in [-0.05, 0) is 30.0 Å². The van der Waals surface area contributed by atoms with Crippen LogP contribution < -0.4 is 5.32 Å². The molecular weight excluding hydrogens is 338 g/mol. The van der Waals surface area contributed by atoms with Crippen molar-refractivity contribution in [2.45, 2.75) is 24.3 Å². The van der Waals surface area contributed by atoms with Crippen LogP contribution in [-0.4, -0.2) is 40.8 Å². The van der Waals surface area contributed by atoms with Gasteiger partial charge in [-0.2, -0.15) is 0 Å². The van der Waals surface area contributed by atoms with Gasteiger partial charge in [0.25, 0.3) is 0 Å². The molecule has 7 heteroatoms. The summed E-state index contributed by atoms with van der Waals surface area (Å²) in [7, 11) is 0. The van der Waals surface area contributed by atoms with Crippen molar-refractivity contribution in [2.75, 3.05) is 18.5 Å². The Morgan fingerprint density at radius 3 is 3.08 bits per heavy atom. The lowest BCUT2D eigenvalue weighted by molar-refractivity contribution is -0.200. The van der Waals surface area contributed by atoms with E-state index in [2.05, 4.69) is 28.8 Å². The van der Waals surface area contributed by atoms with Crippen molar-refractivity contribution in [2.24, 2.45) is 0 Å². The number of thioether (sulfide) groups is 1. The molecule has 1 aromatic carbocycles. The van der Waals surface area contributed by atoms with Crippen LogP contribution in [0.1, 0.15) is 6.92 Å². The predicted molar refractivity (Wildman–Crippen MR) is 100 cm³/mol. The number of aliphatic hydroxyl groups is 1. The minimum Gasteiger partial charge on any atom is -0.376 e. The van der Waals surface area contributed by atoms with E-state index in [4.69, 9.17) is 9.47 Å². The molecule has 0 bridgehead atoms. The molecule has 1 aromatic heterocycles. The second-order valence-corrected chi connectivity index (χ2v) is 6.88. The fourth-order valence-electron chi connectivity index (χ4n) is 2.24. The molecule has 3 N–H and O–H groups in total.